The number of rotatable bonds is 9. The smallest absolute Gasteiger partial charge is 0.248 e. The molecule has 3 fully saturated rings. The number of aliphatic hydroxyl groups is 1. The van der Waals surface area contributed by atoms with Gasteiger partial charge in [-0.3, -0.25) is 14.5 Å². The summed E-state index contributed by atoms with van der Waals surface area (Å²) in [7, 11) is 0. The molecule has 1 aliphatic carbocycles. The van der Waals surface area contributed by atoms with Gasteiger partial charge in [0.1, 0.15) is 11.6 Å². The van der Waals surface area contributed by atoms with E-state index in [4.69, 9.17) is 0 Å². The molecule has 210 valence electrons. The van der Waals surface area contributed by atoms with E-state index in [0.717, 1.165) is 64.6 Å². The summed E-state index contributed by atoms with van der Waals surface area (Å²) < 4.78 is 0. The SMILES string of the molecule is CCCCN1C(=O)[C@@H]([C@H](O)C2CCCCC2)NC(=O)C12CCN(Cc1ccc(Cc3ccccc3)cc1)CC2. The second-order valence-corrected chi connectivity index (χ2v) is 12.0. The average molecular weight is 532 g/mol. The van der Waals surface area contributed by atoms with Gasteiger partial charge in [0, 0.05) is 26.2 Å². The summed E-state index contributed by atoms with van der Waals surface area (Å²) in [5, 5.41) is 14.2. The predicted octanol–water partition coefficient (Wildman–Crippen LogP) is 4.68. The first kappa shape index (κ1) is 27.9. The number of unbranched alkanes of at least 4 members (excludes halogenated alkanes) is 1. The zero-order valence-electron chi connectivity index (χ0n) is 23.5. The minimum atomic E-state index is -0.810. The predicted molar refractivity (Wildman–Crippen MR) is 154 cm³/mol. The number of piperazine rings is 1. The van der Waals surface area contributed by atoms with Gasteiger partial charge in [-0.05, 0) is 61.1 Å². The number of hydrogen-bond donors (Lipinski definition) is 2. The number of aliphatic hydroxyl groups excluding tert-OH is 1. The Morgan fingerprint density at radius 1 is 0.923 bits per heavy atom. The maximum absolute atomic E-state index is 13.8. The molecule has 2 N–H and O–H groups in total. The molecular weight excluding hydrogens is 486 g/mol. The van der Waals surface area contributed by atoms with Gasteiger partial charge in [0.15, 0.2) is 0 Å². The van der Waals surface area contributed by atoms with Gasteiger partial charge in [-0.2, -0.15) is 0 Å². The molecule has 5 rings (SSSR count). The van der Waals surface area contributed by atoms with Gasteiger partial charge in [0.2, 0.25) is 11.8 Å². The fraction of sp³-hybridized carbons (Fsp3) is 0.576. The van der Waals surface area contributed by atoms with Crippen LogP contribution in [0.5, 0.6) is 0 Å². The van der Waals surface area contributed by atoms with Crippen LogP contribution < -0.4 is 5.32 Å². The molecule has 2 aliphatic heterocycles. The monoisotopic (exact) mass is 531 g/mol. The Morgan fingerprint density at radius 2 is 1.56 bits per heavy atom. The number of hydrogen-bond acceptors (Lipinski definition) is 4. The fourth-order valence-electron chi connectivity index (χ4n) is 6.89. The second kappa shape index (κ2) is 12.6. The van der Waals surface area contributed by atoms with E-state index in [0.29, 0.717) is 19.4 Å². The number of nitrogens with one attached hydrogen (secondary N) is 1. The first-order chi connectivity index (χ1) is 19.0. The lowest BCUT2D eigenvalue weighted by atomic mass is 9.78. The Morgan fingerprint density at radius 3 is 2.23 bits per heavy atom. The van der Waals surface area contributed by atoms with Crippen molar-refractivity contribution in [2.24, 2.45) is 5.92 Å². The Labute approximate surface area is 233 Å². The van der Waals surface area contributed by atoms with Crippen LogP contribution in [0.3, 0.4) is 0 Å². The van der Waals surface area contributed by atoms with Crippen molar-refractivity contribution in [2.75, 3.05) is 19.6 Å². The Bertz CT molecular complexity index is 1090. The highest BCUT2D eigenvalue weighted by molar-refractivity contribution is 6.00. The number of amides is 2. The van der Waals surface area contributed by atoms with E-state index in [9.17, 15) is 14.7 Å². The van der Waals surface area contributed by atoms with Crippen LogP contribution in [0.1, 0.15) is 81.4 Å². The summed E-state index contributed by atoms with van der Waals surface area (Å²) in [5.41, 5.74) is 3.08. The molecule has 2 aromatic rings. The first-order valence-corrected chi connectivity index (χ1v) is 15.1. The van der Waals surface area contributed by atoms with Crippen LogP contribution in [-0.2, 0) is 22.6 Å². The van der Waals surface area contributed by atoms with Gasteiger partial charge in [0.25, 0.3) is 0 Å². The second-order valence-electron chi connectivity index (χ2n) is 12.0. The zero-order chi connectivity index (χ0) is 27.2. The number of piperidine rings is 1. The van der Waals surface area contributed by atoms with E-state index in [1.165, 1.54) is 23.1 Å². The van der Waals surface area contributed by atoms with Crippen LogP contribution in [0.25, 0.3) is 0 Å². The molecular formula is C33H45N3O3. The van der Waals surface area contributed by atoms with Crippen LogP contribution in [-0.4, -0.2) is 64.0 Å². The third kappa shape index (κ3) is 6.22. The topological polar surface area (TPSA) is 72.9 Å². The zero-order valence-corrected chi connectivity index (χ0v) is 23.5. The van der Waals surface area contributed by atoms with Crippen molar-refractivity contribution >= 4 is 11.8 Å². The van der Waals surface area contributed by atoms with Gasteiger partial charge in [-0.25, -0.2) is 0 Å². The van der Waals surface area contributed by atoms with Crippen LogP contribution in [0.4, 0.5) is 0 Å². The summed E-state index contributed by atoms with van der Waals surface area (Å²) >= 11 is 0. The normalized spacial score (nSPS) is 23.1. The maximum atomic E-state index is 13.8. The van der Waals surface area contributed by atoms with Gasteiger partial charge >= 0.3 is 0 Å². The molecule has 6 heteroatoms. The van der Waals surface area contributed by atoms with Crippen molar-refractivity contribution in [3.8, 4) is 0 Å². The quantitative estimate of drug-likeness (QED) is 0.493. The highest BCUT2D eigenvalue weighted by Crippen LogP contribution is 2.36. The molecule has 0 bridgehead atoms. The largest absolute Gasteiger partial charge is 0.390 e. The van der Waals surface area contributed by atoms with Crippen molar-refractivity contribution < 1.29 is 14.7 Å². The van der Waals surface area contributed by atoms with Crippen molar-refractivity contribution in [1.29, 1.82) is 0 Å². The van der Waals surface area contributed by atoms with E-state index in [1.807, 2.05) is 11.0 Å². The number of carbonyl (C=O) groups is 2. The first-order valence-electron chi connectivity index (χ1n) is 15.1. The molecule has 39 heavy (non-hydrogen) atoms. The number of carbonyl (C=O) groups excluding carboxylic acids is 2. The third-order valence-electron chi connectivity index (χ3n) is 9.33. The van der Waals surface area contributed by atoms with Crippen LogP contribution >= 0.6 is 0 Å². The van der Waals surface area contributed by atoms with Crippen LogP contribution in [0.2, 0.25) is 0 Å². The lowest BCUT2D eigenvalue weighted by Crippen LogP contribution is -2.75. The van der Waals surface area contributed by atoms with Crippen LogP contribution in [0.15, 0.2) is 54.6 Å². The lowest BCUT2D eigenvalue weighted by Gasteiger charge is -2.52. The Balaban J connectivity index is 1.22. The van der Waals surface area contributed by atoms with Gasteiger partial charge in [0.05, 0.1) is 6.10 Å². The standard InChI is InChI=1S/C33H45N3O3/c1-2-3-20-36-31(38)29(30(37)28-12-8-5-9-13-28)34-32(39)33(36)18-21-35(22-19-33)24-27-16-14-26(15-17-27)23-25-10-6-4-7-11-25/h4,6-7,10-11,14-17,28-30,37H,2-3,5,8-9,12-13,18-24H2,1H3,(H,34,39)/t29-,30-/m1/s1. The maximum Gasteiger partial charge on any atom is 0.248 e. The van der Waals surface area contributed by atoms with E-state index in [2.05, 4.69) is 65.7 Å². The molecule has 2 atom stereocenters. The molecule has 6 nitrogen and oxygen atoms in total. The Kier molecular flexibility index (Phi) is 9.03. The molecule has 2 amide bonds. The molecule has 0 radical (unpaired) electrons. The van der Waals surface area contributed by atoms with Crippen molar-refractivity contribution in [2.45, 2.75) is 95.4 Å². The highest BCUT2D eigenvalue weighted by atomic mass is 16.3. The summed E-state index contributed by atoms with van der Waals surface area (Å²) in [5.74, 6) is -0.0532. The minimum Gasteiger partial charge on any atom is -0.390 e. The molecule has 1 saturated carbocycles. The van der Waals surface area contributed by atoms with Crippen molar-refractivity contribution in [1.82, 2.24) is 15.1 Å². The van der Waals surface area contributed by atoms with Gasteiger partial charge < -0.3 is 15.3 Å². The van der Waals surface area contributed by atoms with E-state index < -0.39 is 17.7 Å². The number of nitrogens with zero attached hydrogens (tertiary/aromatic N) is 2. The van der Waals surface area contributed by atoms with Gasteiger partial charge in [-0.15, -0.1) is 0 Å². The molecule has 2 saturated heterocycles. The molecule has 2 aromatic carbocycles. The van der Waals surface area contributed by atoms with Crippen molar-refractivity contribution in [3.05, 3.63) is 71.3 Å². The molecule has 3 aliphatic rings. The summed E-state index contributed by atoms with van der Waals surface area (Å²) in [6.45, 7) is 5.08. The Hall–Kier alpha value is -2.70. The third-order valence-corrected chi connectivity index (χ3v) is 9.33. The molecule has 0 unspecified atom stereocenters. The fourth-order valence-corrected chi connectivity index (χ4v) is 6.89. The van der Waals surface area contributed by atoms with E-state index in [1.54, 1.807) is 0 Å². The molecule has 1 spiro atoms. The highest BCUT2D eigenvalue weighted by Gasteiger charge is 2.55. The lowest BCUT2D eigenvalue weighted by molar-refractivity contribution is -0.166. The van der Waals surface area contributed by atoms with Crippen molar-refractivity contribution in [3.63, 3.8) is 0 Å². The molecule has 0 aromatic heterocycles. The van der Waals surface area contributed by atoms with E-state index in [-0.39, 0.29) is 17.7 Å². The number of likely N-dealkylation sites (tertiary alicyclic amines) is 1. The summed E-state index contributed by atoms with van der Waals surface area (Å²) in [4.78, 5) is 31.8. The van der Waals surface area contributed by atoms with E-state index >= 15 is 0 Å². The van der Waals surface area contributed by atoms with Gasteiger partial charge in [-0.1, -0.05) is 87.2 Å². The summed E-state index contributed by atoms with van der Waals surface area (Å²) in [6.07, 6.45) is 8.46. The molecule has 2 heterocycles. The van der Waals surface area contributed by atoms with Crippen LogP contribution in [0, 0.1) is 5.92 Å². The minimum absolute atomic E-state index is 0.0667. The summed E-state index contributed by atoms with van der Waals surface area (Å²) in [6, 6.07) is 18.6. The number of benzene rings is 2. The average Bonchev–Trinajstić information content (AvgIpc) is 2.98.